The molecule has 4 aromatic heterocycles. The Morgan fingerprint density at radius 1 is 1.07 bits per heavy atom. The molecule has 1 aromatic carbocycles. The summed E-state index contributed by atoms with van der Waals surface area (Å²) >= 11 is 0. The van der Waals surface area contributed by atoms with E-state index in [4.69, 9.17) is 4.74 Å². The highest BCUT2D eigenvalue weighted by molar-refractivity contribution is 6.00. The third-order valence-electron chi connectivity index (χ3n) is 7.85. The zero-order chi connectivity index (χ0) is 30.1. The normalized spacial score (nSPS) is 17.4. The number of aromatic amines is 2. The Bertz CT molecular complexity index is 1940. The van der Waals surface area contributed by atoms with Crippen LogP contribution in [0, 0.1) is 0 Å². The largest absolute Gasteiger partial charge is 0.416 e. The van der Waals surface area contributed by atoms with Gasteiger partial charge in [-0.05, 0) is 29.8 Å². The predicted octanol–water partition coefficient (Wildman–Crippen LogP) is 4.56. The number of alkyl halides is 5. The third-order valence-corrected chi connectivity index (χ3v) is 7.85. The van der Waals surface area contributed by atoms with Gasteiger partial charge in [0, 0.05) is 49.5 Å². The SMILES string of the molecule is O=C(N1CCn2cc(-c3[nH][nH]c(=O)c3-c3cnc4ccccn34)c3cc(C(F)(F)F)cc(c32)C1)N1CCOCC(F)(F)C1. The van der Waals surface area contributed by atoms with Gasteiger partial charge in [0.1, 0.15) is 12.3 Å². The zero-order valence-corrected chi connectivity index (χ0v) is 22.4. The molecule has 2 amide bonds. The lowest BCUT2D eigenvalue weighted by molar-refractivity contribution is -0.137. The van der Waals surface area contributed by atoms with Gasteiger partial charge in [0.05, 0.1) is 47.4 Å². The number of nitrogens with one attached hydrogen (secondary N) is 2. The summed E-state index contributed by atoms with van der Waals surface area (Å²) in [4.78, 5) is 33.0. The van der Waals surface area contributed by atoms with Gasteiger partial charge in [-0.2, -0.15) is 13.2 Å². The smallest absolute Gasteiger partial charge is 0.373 e. The number of hydrogen-bond donors (Lipinski definition) is 2. The van der Waals surface area contributed by atoms with E-state index in [-0.39, 0.29) is 55.0 Å². The number of nitrogens with zero attached hydrogens (tertiary/aromatic N) is 5. The van der Waals surface area contributed by atoms with Crippen molar-refractivity contribution in [3.8, 4) is 22.5 Å². The second-order valence-corrected chi connectivity index (χ2v) is 10.7. The summed E-state index contributed by atoms with van der Waals surface area (Å²) in [6.45, 7) is -1.77. The molecule has 1 fully saturated rings. The molecule has 0 atom stereocenters. The average Bonchev–Trinajstić information content (AvgIpc) is 3.57. The minimum atomic E-state index is -4.72. The minimum Gasteiger partial charge on any atom is -0.373 e. The number of rotatable bonds is 2. The summed E-state index contributed by atoms with van der Waals surface area (Å²) in [5.41, 5.74) is 1.11. The number of urea groups is 1. The first-order valence-corrected chi connectivity index (χ1v) is 13.5. The van der Waals surface area contributed by atoms with Crippen molar-refractivity contribution in [2.75, 3.05) is 32.8 Å². The molecule has 0 saturated carbocycles. The molecule has 0 unspecified atom stereocenters. The molecule has 6 heterocycles. The molecule has 0 radical (unpaired) electrons. The Balaban J connectivity index is 1.35. The highest BCUT2D eigenvalue weighted by Gasteiger charge is 2.39. The van der Waals surface area contributed by atoms with E-state index in [1.807, 2.05) is 0 Å². The zero-order valence-electron chi connectivity index (χ0n) is 22.4. The topological polar surface area (TPSA) is 104 Å². The van der Waals surface area contributed by atoms with Crippen molar-refractivity contribution in [2.24, 2.45) is 0 Å². The van der Waals surface area contributed by atoms with Crippen molar-refractivity contribution in [1.29, 1.82) is 0 Å². The lowest BCUT2D eigenvalue weighted by atomic mass is 10.00. The minimum absolute atomic E-state index is 0.0603. The Hall–Kier alpha value is -4.66. The summed E-state index contributed by atoms with van der Waals surface area (Å²) in [5.74, 6) is -3.24. The number of hydrogen-bond acceptors (Lipinski definition) is 4. The first-order chi connectivity index (χ1) is 20.5. The number of aromatic nitrogens is 5. The van der Waals surface area contributed by atoms with E-state index in [0.29, 0.717) is 22.4 Å². The van der Waals surface area contributed by atoms with Crippen LogP contribution in [0.3, 0.4) is 0 Å². The number of ether oxygens (including phenoxy) is 1. The fourth-order valence-corrected chi connectivity index (χ4v) is 5.95. The van der Waals surface area contributed by atoms with Crippen LogP contribution in [-0.2, 0) is 24.0 Å². The van der Waals surface area contributed by atoms with Crippen molar-refractivity contribution in [3.63, 3.8) is 0 Å². The molecule has 2 aliphatic rings. The lowest BCUT2D eigenvalue weighted by Gasteiger charge is -2.30. The number of amides is 2. The molecule has 0 bridgehead atoms. The van der Waals surface area contributed by atoms with E-state index in [2.05, 4.69) is 15.2 Å². The number of halogens is 5. The van der Waals surface area contributed by atoms with Gasteiger partial charge in [0.25, 0.3) is 11.5 Å². The third kappa shape index (κ3) is 4.63. The van der Waals surface area contributed by atoms with E-state index >= 15 is 0 Å². The van der Waals surface area contributed by atoms with E-state index in [1.165, 1.54) is 11.1 Å². The monoisotopic (exact) mass is 601 g/mol. The Labute approximate surface area is 239 Å². The molecule has 15 heteroatoms. The highest BCUT2D eigenvalue weighted by atomic mass is 19.4. The maximum absolute atomic E-state index is 14.2. The molecule has 10 nitrogen and oxygen atoms in total. The number of fused-ring (bicyclic) bond motifs is 1. The van der Waals surface area contributed by atoms with Crippen molar-refractivity contribution in [1.82, 2.24) is 33.9 Å². The summed E-state index contributed by atoms with van der Waals surface area (Å²) in [7, 11) is 0. The quantitative estimate of drug-likeness (QED) is 0.290. The Morgan fingerprint density at radius 3 is 2.72 bits per heavy atom. The predicted molar refractivity (Wildman–Crippen MR) is 145 cm³/mol. The summed E-state index contributed by atoms with van der Waals surface area (Å²) in [5, 5.41) is 5.62. The molecule has 0 aliphatic carbocycles. The highest BCUT2D eigenvalue weighted by Crippen LogP contribution is 2.41. The summed E-state index contributed by atoms with van der Waals surface area (Å²) in [6, 6.07) is 6.63. The maximum Gasteiger partial charge on any atom is 0.416 e. The molecule has 7 rings (SSSR count). The van der Waals surface area contributed by atoms with Crippen LogP contribution in [0.2, 0.25) is 0 Å². The Kier molecular flexibility index (Phi) is 6.13. The van der Waals surface area contributed by atoms with Crippen molar-refractivity contribution in [3.05, 3.63) is 70.4 Å². The molecule has 224 valence electrons. The molecule has 2 N–H and O–H groups in total. The van der Waals surface area contributed by atoms with Crippen LogP contribution in [0.1, 0.15) is 11.1 Å². The summed E-state index contributed by atoms with van der Waals surface area (Å²) in [6.07, 6.45) is 0.174. The number of benzene rings is 1. The van der Waals surface area contributed by atoms with Crippen molar-refractivity contribution < 1.29 is 31.5 Å². The fraction of sp³-hybridized carbons (Fsp3) is 0.321. The van der Waals surface area contributed by atoms with Crippen LogP contribution in [0.25, 0.3) is 39.1 Å². The van der Waals surface area contributed by atoms with Crippen LogP contribution in [0.15, 0.2) is 53.7 Å². The number of carbonyl (C=O) groups is 1. The molecule has 43 heavy (non-hydrogen) atoms. The van der Waals surface area contributed by atoms with Crippen molar-refractivity contribution >= 4 is 22.6 Å². The summed E-state index contributed by atoms with van der Waals surface area (Å²) < 4.78 is 79.3. The van der Waals surface area contributed by atoms with Crippen LogP contribution < -0.4 is 5.56 Å². The van der Waals surface area contributed by atoms with Gasteiger partial charge in [0.2, 0.25) is 0 Å². The van der Waals surface area contributed by atoms with Gasteiger partial charge in [-0.25, -0.2) is 18.6 Å². The first kappa shape index (κ1) is 27.2. The second-order valence-electron chi connectivity index (χ2n) is 10.7. The molecular weight excluding hydrogens is 577 g/mol. The molecular formula is C28H24F5N7O3. The van der Waals surface area contributed by atoms with Gasteiger partial charge in [0.15, 0.2) is 0 Å². The number of pyridine rings is 1. The van der Waals surface area contributed by atoms with Gasteiger partial charge < -0.3 is 19.1 Å². The Morgan fingerprint density at radius 2 is 1.91 bits per heavy atom. The average molecular weight is 602 g/mol. The van der Waals surface area contributed by atoms with Crippen LogP contribution in [-0.4, -0.2) is 78.8 Å². The van der Waals surface area contributed by atoms with Crippen LogP contribution in [0.5, 0.6) is 0 Å². The van der Waals surface area contributed by atoms with E-state index in [1.54, 1.807) is 39.6 Å². The van der Waals surface area contributed by atoms with E-state index < -0.39 is 42.4 Å². The van der Waals surface area contributed by atoms with Crippen LogP contribution in [0.4, 0.5) is 26.7 Å². The van der Waals surface area contributed by atoms with E-state index in [9.17, 15) is 31.5 Å². The molecule has 1 saturated heterocycles. The standard InChI is InChI=1S/C28H24F5N7O3/c29-27(30)14-39(7-8-43-15-27)26(42)38-6-5-37-13-19(18-10-17(28(31,32)33)9-16(12-38)24(18)37)23-22(25(41)36-35-23)20-11-34-21-3-1-2-4-40(20)21/h1-4,9-11,13H,5-8,12,14-15H2,(H2,35,36,41). The van der Waals surface area contributed by atoms with Crippen molar-refractivity contribution in [2.45, 2.75) is 25.2 Å². The van der Waals surface area contributed by atoms with Crippen LogP contribution >= 0.6 is 0 Å². The number of carbonyl (C=O) groups excluding carboxylic acids is 1. The number of H-pyrrole nitrogens is 2. The van der Waals surface area contributed by atoms with Gasteiger partial charge in [-0.1, -0.05) is 6.07 Å². The molecule has 2 aliphatic heterocycles. The first-order valence-electron chi connectivity index (χ1n) is 13.5. The second kappa shape index (κ2) is 9.69. The van der Waals surface area contributed by atoms with E-state index in [0.717, 1.165) is 17.0 Å². The maximum atomic E-state index is 14.2. The molecule has 0 spiro atoms. The number of imidazole rings is 1. The fourth-order valence-electron chi connectivity index (χ4n) is 5.95. The van der Waals surface area contributed by atoms with Gasteiger partial charge in [-0.15, -0.1) is 0 Å². The van der Waals surface area contributed by atoms with Gasteiger partial charge >= 0.3 is 12.2 Å². The van der Waals surface area contributed by atoms with Gasteiger partial charge in [-0.3, -0.25) is 19.4 Å². The lowest BCUT2D eigenvalue weighted by Crippen LogP contribution is -2.48. The molecule has 5 aromatic rings.